The van der Waals surface area contributed by atoms with E-state index in [2.05, 4.69) is 10.5 Å². The Morgan fingerprint density at radius 3 is 2.09 bits per heavy atom. The topological polar surface area (TPSA) is 97.3 Å². The number of carbonyl (C=O) groups excluding carboxylic acids is 1. The number of hydrogen-bond acceptors (Lipinski definition) is 6. The lowest BCUT2D eigenvalue weighted by Crippen LogP contribution is -2.46. The molecule has 0 aliphatic carbocycles. The first-order valence-corrected chi connectivity index (χ1v) is 12.9. The van der Waals surface area contributed by atoms with Gasteiger partial charge in [0, 0.05) is 0 Å². The van der Waals surface area contributed by atoms with Crippen molar-refractivity contribution in [3.63, 3.8) is 0 Å². The molecule has 35 heavy (non-hydrogen) atoms. The fourth-order valence-electron chi connectivity index (χ4n) is 3.35. The fraction of sp³-hybridized carbons (Fsp3) is 0.231. The Morgan fingerprint density at radius 2 is 1.51 bits per heavy atom. The minimum atomic E-state index is -3.77. The van der Waals surface area contributed by atoms with Crippen molar-refractivity contribution in [3.05, 3.63) is 84.4 Å². The molecule has 0 fully saturated rings. The number of benzene rings is 3. The van der Waals surface area contributed by atoms with Crippen molar-refractivity contribution in [2.45, 2.75) is 26.8 Å². The maximum absolute atomic E-state index is 12.8. The van der Waals surface area contributed by atoms with Crippen LogP contribution in [-0.4, -0.2) is 38.9 Å². The summed E-state index contributed by atoms with van der Waals surface area (Å²) in [6, 6.07) is 22.0. The third kappa shape index (κ3) is 7.07. The number of rotatable bonds is 10. The Bertz CT molecular complexity index is 1260. The molecular formula is C26H29N3O5S. The second-order valence-electron chi connectivity index (χ2n) is 7.77. The Balaban J connectivity index is 1.72. The molecule has 8 nitrogen and oxygen atoms in total. The van der Waals surface area contributed by atoms with Crippen molar-refractivity contribution in [2.24, 2.45) is 5.10 Å². The van der Waals surface area contributed by atoms with Gasteiger partial charge < -0.3 is 9.47 Å². The van der Waals surface area contributed by atoms with Gasteiger partial charge in [-0.2, -0.15) is 5.10 Å². The van der Waals surface area contributed by atoms with Crippen LogP contribution in [-0.2, 0) is 14.8 Å². The number of anilines is 1. The molecule has 0 unspecified atom stereocenters. The predicted molar refractivity (Wildman–Crippen MR) is 138 cm³/mol. The van der Waals surface area contributed by atoms with E-state index in [-0.39, 0.29) is 0 Å². The van der Waals surface area contributed by atoms with E-state index < -0.39 is 22.0 Å². The molecule has 1 N–H and O–H groups in total. The van der Waals surface area contributed by atoms with Gasteiger partial charge in [0.2, 0.25) is 10.0 Å². The zero-order valence-electron chi connectivity index (χ0n) is 20.1. The first-order valence-electron chi connectivity index (χ1n) is 11.1. The van der Waals surface area contributed by atoms with E-state index in [9.17, 15) is 13.2 Å². The summed E-state index contributed by atoms with van der Waals surface area (Å²) in [5.74, 6) is 1.38. The molecular weight excluding hydrogens is 466 g/mol. The number of hydrogen-bond donors (Lipinski definition) is 1. The molecule has 0 heterocycles. The van der Waals surface area contributed by atoms with Crippen LogP contribution in [0.3, 0.4) is 0 Å². The first-order chi connectivity index (χ1) is 16.7. The lowest BCUT2D eigenvalue weighted by atomic mass is 10.1. The molecule has 1 amide bonds. The number of carbonyl (C=O) groups is 1. The van der Waals surface area contributed by atoms with Crippen molar-refractivity contribution in [2.75, 3.05) is 17.2 Å². The zero-order chi connectivity index (χ0) is 25.4. The fourth-order valence-corrected chi connectivity index (χ4v) is 4.53. The molecule has 0 aliphatic rings. The van der Waals surface area contributed by atoms with Gasteiger partial charge in [0.25, 0.3) is 5.91 Å². The Morgan fingerprint density at radius 1 is 0.943 bits per heavy atom. The number of nitrogens with one attached hydrogen (secondary N) is 1. The average molecular weight is 496 g/mol. The van der Waals surface area contributed by atoms with Crippen molar-refractivity contribution >= 4 is 27.3 Å². The molecule has 0 saturated heterocycles. The lowest BCUT2D eigenvalue weighted by Gasteiger charge is -2.27. The van der Waals surface area contributed by atoms with Crippen LogP contribution < -0.4 is 19.2 Å². The van der Waals surface area contributed by atoms with Crippen LogP contribution in [0.1, 0.15) is 26.3 Å². The van der Waals surface area contributed by atoms with E-state index >= 15 is 0 Å². The second-order valence-corrected chi connectivity index (χ2v) is 9.63. The van der Waals surface area contributed by atoms with Crippen LogP contribution in [0.25, 0.3) is 0 Å². The number of ether oxygens (including phenoxy) is 2. The van der Waals surface area contributed by atoms with Crippen LogP contribution in [0.2, 0.25) is 0 Å². The summed E-state index contributed by atoms with van der Waals surface area (Å²) >= 11 is 0. The summed E-state index contributed by atoms with van der Waals surface area (Å²) in [5.41, 5.74) is 4.18. The van der Waals surface area contributed by atoms with Crippen molar-refractivity contribution in [1.82, 2.24) is 5.43 Å². The van der Waals surface area contributed by atoms with E-state index in [0.717, 1.165) is 21.9 Å². The minimum absolute atomic E-state index is 0.336. The average Bonchev–Trinajstić information content (AvgIpc) is 2.84. The van der Waals surface area contributed by atoms with Crippen molar-refractivity contribution < 1.29 is 22.7 Å². The van der Waals surface area contributed by atoms with Gasteiger partial charge in [0.15, 0.2) is 0 Å². The Kier molecular flexibility index (Phi) is 8.48. The highest BCUT2D eigenvalue weighted by atomic mass is 32.2. The maximum Gasteiger partial charge on any atom is 0.263 e. The summed E-state index contributed by atoms with van der Waals surface area (Å²) in [4.78, 5) is 12.8. The van der Waals surface area contributed by atoms with Gasteiger partial charge >= 0.3 is 0 Å². The van der Waals surface area contributed by atoms with Gasteiger partial charge in [-0.3, -0.25) is 9.10 Å². The summed E-state index contributed by atoms with van der Waals surface area (Å²) in [7, 11) is -3.77. The molecule has 0 aliphatic heterocycles. The zero-order valence-corrected chi connectivity index (χ0v) is 21.0. The summed E-state index contributed by atoms with van der Waals surface area (Å²) in [5, 5.41) is 4.14. The van der Waals surface area contributed by atoms with Crippen molar-refractivity contribution in [1.29, 1.82) is 0 Å². The van der Waals surface area contributed by atoms with E-state index in [0.29, 0.717) is 29.5 Å². The molecule has 0 saturated carbocycles. The van der Waals surface area contributed by atoms with E-state index in [4.69, 9.17) is 9.47 Å². The van der Waals surface area contributed by atoms with Crippen LogP contribution >= 0.6 is 0 Å². The number of amides is 1. The quantitative estimate of drug-likeness (QED) is 0.328. The number of sulfonamides is 1. The largest absolute Gasteiger partial charge is 0.494 e. The van der Waals surface area contributed by atoms with E-state index in [1.54, 1.807) is 31.2 Å². The molecule has 3 aromatic carbocycles. The van der Waals surface area contributed by atoms with Gasteiger partial charge in [-0.25, -0.2) is 13.8 Å². The molecule has 0 bridgehead atoms. The van der Waals surface area contributed by atoms with Gasteiger partial charge in [-0.05, 0) is 87.0 Å². The first kappa shape index (κ1) is 25.8. The van der Waals surface area contributed by atoms with Crippen LogP contribution in [0, 0.1) is 0 Å². The normalized spacial score (nSPS) is 12.5. The Hall–Kier alpha value is -3.85. The molecule has 0 spiro atoms. The molecule has 184 valence electrons. The standard InChI is InChI=1S/C26H29N3O5S/c1-5-33-23-15-11-21(12-16-23)19(2)27-28-26(30)20(3)29(35(4,31)32)22-13-17-25(18-14-22)34-24-9-7-6-8-10-24/h6-18,20H,5H2,1-4H3,(H,28,30)/b27-19-/t20-/m1/s1. The Labute approximate surface area is 206 Å². The highest BCUT2D eigenvalue weighted by Gasteiger charge is 2.29. The monoisotopic (exact) mass is 495 g/mol. The number of hydrazone groups is 1. The van der Waals surface area contributed by atoms with Gasteiger partial charge in [0.1, 0.15) is 23.3 Å². The van der Waals surface area contributed by atoms with Gasteiger partial charge in [-0.1, -0.05) is 18.2 Å². The van der Waals surface area contributed by atoms with Crippen LogP contribution in [0.15, 0.2) is 84.0 Å². The van der Waals surface area contributed by atoms with Crippen molar-refractivity contribution in [3.8, 4) is 17.2 Å². The highest BCUT2D eigenvalue weighted by Crippen LogP contribution is 2.27. The SMILES string of the molecule is CCOc1ccc(/C(C)=N\NC(=O)[C@@H](C)N(c2ccc(Oc3ccccc3)cc2)S(C)(=O)=O)cc1. The minimum Gasteiger partial charge on any atom is -0.494 e. The highest BCUT2D eigenvalue weighted by molar-refractivity contribution is 7.92. The molecule has 0 aromatic heterocycles. The van der Waals surface area contributed by atoms with Crippen LogP contribution in [0.5, 0.6) is 17.2 Å². The summed E-state index contributed by atoms with van der Waals surface area (Å²) < 4.78 is 37.4. The third-order valence-corrected chi connectivity index (χ3v) is 6.32. The molecule has 1 atom stereocenters. The van der Waals surface area contributed by atoms with E-state index in [1.807, 2.05) is 61.5 Å². The third-order valence-electron chi connectivity index (χ3n) is 5.08. The lowest BCUT2D eigenvalue weighted by molar-refractivity contribution is -0.121. The molecule has 0 radical (unpaired) electrons. The molecule has 9 heteroatoms. The summed E-state index contributed by atoms with van der Waals surface area (Å²) in [6.45, 7) is 5.73. The predicted octanol–water partition coefficient (Wildman–Crippen LogP) is 4.57. The second kappa shape index (κ2) is 11.5. The van der Waals surface area contributed by atoms with Gasteiger partial charge in [0.05, 0.1) is 24.3 Å². The van der Waals surface area contributed by atoms with Gasteiger partial charge in [-0.15, -0.1) is 0 Å². The van der Waals surface area contributed by atoms with Crippen LogP contribution in [0.4, 0.5) is 5.69 Å². The summed E-state index contributed by atoms with van der Waals surface area (Å²) in [6.07, 6.45) is 1.06. The molecule has 3 aromatic rings. The van der Waals surface area contributed by atoms with E-state index in [1.165, 1.54) is 6.92 Å². The smallest absolute Gasteiger partial charge is 0.263 e. The molecule has 3 rings (SSSR count). The maximum atomic E-state index is 12.8. The number of nitrogens with zero attached hydrogens (tertiary/aromatic N) is 2. The number of para-hydroxylation sites is 1.